The van der Waals surface area contributed by atoms with E-state index in [2.05, 4.69) is 4.90 Å². The molecule has 2 fully saturated rings. The molecule has 2 aliphatic heterocycles. The third-order valence-corrected chi connectivity index (χ3v) is 6.09. The topological polar surface area (TPSA) is 70.1 Å². The summed E-state index contributed by atoms with van der Waals surface area (Å²) in [6.45, 7) is 5.79. The molecule has 2 saturated heterocycles. The molecular weight excluding hydrogens is 404 g/mol. The van der Waals surface area contributed by atoms with Crippen molar-refractivity contribution in [1.82, 2.24) is 9.80 Å². The van der Waals surface area contributed by atoms with Gasteiger partial charge in [-0.25, -0.2) is 0 Å². The van der Waals surface area contributed by atoms with E-state index in [-0.39, 0.29) is 11.3 Å². The maximum absolute atomic E-state index is 13.1. The highest BCUT2D eigenvalue weighted by Gasteiger charge is 2.46. The maximum Gasteiger partial charge on any atom is 0.295 e. The fourth-order valence-electron chi connectivity index (χ4n) is 4.46. The van der Waals surface area contributed by atoms with E-state index >= 15 is 0 Å². The van der Waals surface area contributed by atoms with Crippen molar-refractivity contribution in [2.45, 2.75) is 32.2 Å². The van der Waals surface area contributed by atoms with Crippen LogP contribution in [0.4, 0.5) is 0 Å². The van der Waals surface area contributed by atoms with Gasteiger partial charge in [0.2, 0.25) is 0 Å². The smallest absolute Gasteiger partial charge is 0.295 e. The molecule has 1 amide bonds. The molecule has 1 unspecified atom stereocenters. The van der Waals surface area contributed by atoms with Crippen molar-refractivity contribution >= 4 is 17.4 Å². The zero-order valence-electron chi connectivity index (χ0n) is 18.5. The number of carbonyl (C=O) groups is 2. The van der Waals surface area contributed by atoms with E-state index in [4.69, 9.17) is 4.74 Å². The van der Waals surface area contributed by atoms with Gasteiger partial charge in [0.15, 0.2) is 0 Å². The number of carbonyl (C=O) groups excluding carboxylic acids is 2. The van der Waals surface area contributed by atoms with E-state index in [0.29, 0.717) is 31.0 Å². The molecule has 2 aromatic carbocycles. The SMILES string of the molecule is CCCOc1cccc(C2/C(=C(\O)c3ccccc3)C(=O)C(=O)N2CCN2CCCC2)c1. The molecule has 1 atom stereocenters. The molecule has 2 aromatic rings. The molecule has 1 N–H and O–H groups in total. The monoisotopic (exact) mass is 434 g/mol. The van der Waals surface area contributed by atoms with E-state index < -0.39 is 17.7 Å². The first-order valence-corrected chi connectivity index (χ1v) is 11.4. The molecule has 2 aliphatic rings. The summed E-state index contributed by atoms with van der Waals surface area (Å²) in [5.74, 6) is -0.657. The zero-order chi connectivity index (χ0) is 22.5. The molecule has 6 heteroatoms. The van der Waals surface area contributed by atoms with Crippen molar-refractivity contribution < 1.29 is 19.4 Å². The number of aliphatic hydroxyl groups excluding tert-OH is 1. The van der Waals surface area contributed by atoms with Crippen LogP contribution in [0.2, 0.25) is 0 Å². The average Bonchev–Trinajstić information content (AvgIpc) is 3.43. The highest BCUT2D eigenvalue weighted by atomic mass is 16.5. The van der Waals surface area contributed by atoms with Crippen LogP contribution < -0.4 is 4.74 Å². The molecule has 0 aromatic heterocycles. The van der Waals surface area contributed by atoms with Crippen LogP contribution in [-0.2, 0) is 9.59 Å². The number of aliphatic hydroxyl groups is 1. The highest BCUT2D eigenvalue weighted by Crippen LogP contribution is 2.40. The van der Waals surface area contributed by atoms with Crippen LogP contribution >= 0.6 is 0 Å². The van der Waals surface area contributed by atoms with Gasteiger partial charge in [0, 0.05) is 18.7 Å². The van der Waals surface area contributed by atoms with E-state index in [0.717, 1.165) is 37.9 Å². The van der Waals surface area contributed by atoms with Crippen molar-refractivity contribution in [3.05, 3.63) is 71.3 Å². The number of benzene rings is 2. The molecule has 32 heavy (non-hydrogen) atoms. The van der Waals surface area contributed by atoms with Crippen LogP contribution in [0.15, 0.2) is 60.2 Å². The lowest BCUT2D eigenvalue weighted by molar-refractivity contribution is -0.140. The minimum atomic E-state index is -0.650. The average molecular weight is 435 g/mol. The number of nitrogens with zero attached hydrogens (tertiary/aromatic N) is 2. The molecule has 0 saturated carbocycles. The number of amides is 1. The Hall–Kier alpha value is -3.12. The quantitative estimate of drug-likeness (QED) is 0.386. The Bertz CT molecular complexity index is 996. The lowest BCUT2D eigenvalue weighted by Gasteiger charge is -2.27. The van der Waals surface area contributed by atoms with Crippen molar-refractivity contribution in [2.75, 3.05) is 32.8 Å². The second-order valence-corrected chi connectivity index (χ2v) is 8.33. The van der Waals surface area contributed by atoms with Gasteiger partial charge in [-0.2, -0.15) is 0 Å². The molecule has 0 aliphatic carbocycles. The third-order valence-electron chi connectivity index (χ3n) is 6.09. The molecule has 0 radical (unpaired) electrons. The first kappa shape index (κ1) is 22.1. The Morgan fingerprint density at radius 3 is 2.50 bits per heavy atom. The van der Waals surface area contributed by atoms with Crippen molar-refractivity contribution in [3.63, 3.8) is 0 Å². The van der Waals surface area contributed by atoms with Gasteiger partial charge in [-0.1, -0.05) is 49.4 Å². The van der Waals surface area contributed by atoms with Gasteiger partial charge in [0.1, 0.15) is 11.5 Å². The van der Waals surface area contributed by atoms with Crippen molar-refractivity contribution in [1.29, 1.82) is 0 Å². The second-order valence-electron chi connectivity index (χ2n) is 8.33. The number of hydrogen-bond donors (Lipinski definition) is 1. The van der Waals surface area contributed by atoms with Crippen LogP contribution in [-0.4, -0.2) is 59.4 Å². The summed E-state index contributed by atoms with van der Waals surface area (Å²) in [6, 6.07) is 15.8. The largest absolute Gasteiger partial charge is 0.507 e. The Balaban J connectivity index is 1.74. The van der Waals surface area contributed by atoms with Gasteiger partial charge < -0.3 is 19.6 Å². The lowest BCUT2D eigenvalue weighted by atomic mass is 9.95. The predicted molar refractivity (Wildman–Crippen MR) is 123 cm³/mol. The predicted octanol–water partition coefficient (Wildman–Crippen LogP) is 3.99. The lowest BCUT2D eigenvalue weighted by Crippen LogP contribution is -2.37. The van der Waals surface area contributed by atoms with Crippen molar-refractivity contribution in [2.24, 2.45) is 0 Å². The van der Waals surface area contributed by atoms with E-state index in [1.165, 1.54) is 0 Å². The minimum absolute atomic E-state index is 0.135. The van der Waals surface area contributed by atoms with Gasteiger partial charge in [-0.15, -0.1) is 0 Å². The normalized spacial score (nSPS) is 20.8. The fraction of sp³-hybridized carbons (Fsp3) is 0.385. The van der Waals surface area contributed by atoms with Crippen LogP contribution in [0.25, 0.3) is 5.76 Å². The number of rotatable bonds is 8. The number of Topliss-reactive ketones (excluding diaryl/α,β-unsaturated/α-hetero) is 1. The molecule has 2 heterocycles. The third kappa shape index (κ3) is 4.55. The summed E-state index contributed by atoms with van der Waals surface area (Å²) < 4.78 is 5.79. The summed E-state index contributed by atoms with van der Waals surface area (Å²) in [6.07, 6.45) is 3.20. The number of hydrogen-bond acceptors (Lipinski definition) is 5. The van der Waals surface area contributed by atoms with Gasteiger partial charge in [0.25, 0.3) is 11.7 Å². The first-order valence-electron chi connectivity index (χ1n) is 11.4. The molecule has 4 rings (SSSR count). The number of likely N-dealkylation sites (tertiary alicyclic amines) is 2. The van der Waals surface area contributed by atoms with Crippen LogP contribution in [0.1, 0.15) is 43.4 Å². The van der Waals surface area contributed by atoms with Crippen LogP contribution in [0, 0.1) is 0 Å². The molecular formula is C26H30N2O4. The summed E-state index contributed by atoms with van der Waals surface area (Å²) >= 11 is 0. The van der Waals surface area contributed by atoms with E-state index in [1.54, 1.807) is 29.2 Å². The fourth-order valence-corrected chi connectivity index (χ4v) is 4.46. The summed E-state index contributed by atoms with van der Waals surface area (Å²) in [5.41, 5.74) is 1.42. The Morgan fingerprint density at radius 1 is 1.03 bits per heavy atom. The molecule has 6 nitrogen and oxygen atoms in total. The number of ether oxygens (including phenoxy) is 1. The van der Waals surface area contributed by atoms with Gasteiger partial charge in [-0.05, 0) is 50.0 Å². The van der Waals surface area contributed by atoms with Crippen LogP contribution in [0.3, 0.4) is 0 Å². The molecule has 0 spiro atoms. The number of ketones is 1. The van der Waals surface area contributed by atoms with Gasteiger partial charge in [0.05, 0.1) is 18.2 Å². The Kier molecular flexibility index (Phi) is 6.90. The standard InChI is InChI=1S/C26H30N2O4/c1-2-17-32-21-12-8-11-20(18-21)23-22(24(29)19-9-4-3-5-10-19)25(30)26(31)28(23)16-15-27-13-6-7-14-27/h3-5,8-12,18,23,29H,2,6-7,13-17H2,1H3/b24-22+. The molecule has 0 bridgehead atoms. The first-order chi connectivity index (χ1) is 15.6. The second kappa shape index (κ2) is 10.0. The Labute approximate surface area is 189 Å². The minimum Gasteiger partial charge on any atom is -0.507 e. The van der Waals surface area contributed by atoms with Gasteiger partial charge in [-0.3, -0.25) is 9.59 Å². The highest BCUT2D eigenvalue weighted by molar-refractivity contribution is 6.46. The summed E-state index contributed by atoms with van der Waals surface area (Å²) in [7, 11) is 0. The summed E-state index contributed by atoms with van der Waals surface area (Å²) in [4.78, 5) is 30.1. The Morgan fingerprint density at radius 2 is 1.78 bits per heavy atom. The molecule has 168 valence electrons. The van der Waals surface area contributed by atoms with Crippen LogP contribution in [0.5, 0.6) is 5.75 Å². The maximum atomic E-state index is 13.1. The summed E-state index contributed by atoms with van der Waals surface area (Å²) in [5, 5.41) is 11.1. The zero-order valence-corrected chi connectivity index (χ0v) is 18.5. The van der Waals surface area contributed by atoms with Crippen molar-refractivity contribution in [3.8, 4) is 5.75 Å². The van der Waals surface area contributed by atoms with Gasteiger partial charge >= 0.3 is 0 Å². The van der Waals surface area contributed by atoms with E-state index in [1.807, 2.05) is 37.3 Å². The van der Waals surface area contributed by atoms with E-state index in [9.17, 15) is 14.7 Å².